The van der Waals surface area contributed by atoms with Crippen molar-refractivity contribution in [3.63, 3.8) is 0 Å². The number of aryl methyl sites for hydroxylation is 1. The first-order chi connectivity index (χ1) is 9.29. The minimum absolute atomic E-state index is 0.434. The summed E-state index contributed by atoms with van der Waals surface area (Å²) in [5.41, 5.74) is 7.49. The van der Waals surface area contributed by atoms with Gasteiger partial charge in [-0.2, -0.15) is 0 Å². The van der Waals surface area contributed by atoms with Crippen LogP contribution in [0.5, 0.6) is 0 Å². The molecule has 3 heterocycles. The molecule has 2 aliphatic heterocycles. The number of nitrogens with zero attached hydrogens (tertiary/aromatic N) is 2. The maximum atomic E-state index is 6.08. The zero-order chi connectivity index (χ0) is 13.2. The van der Waals surface area contributed by atoms with Gasteiger partial charge in [-0.05, 0) is 43.3 Å². The lowest BCUT2D eigenvalue weighted by Gasteiger charge is -2.46. The number of hydrogen-bond acceptors (Lipinski definition) is 4. The van der Waals surface area contributed by atoms with Crippen LogP contribution >= 0.6 is 11.3 Å². The summed E-state index contributed by atoms with van der Waals surface area (Å²) in [6.45, 7) is 7.88. The Kier molecular flexibility index (Phi) is 4.22. The fourth-order valence-corrected chi connectivity index (χ4v) is 4.69. The molecule has 2 saturated heterocycles. The van der Waals surface area contributed by atoms with Gasteiger partial charge in [-0.3, -0.25) is 9.80 Å². The van der Waals surface area contributed by atoms with Crippen LogP contribution in [-0.4, -0.2) is 48.6 Å². The molecule has 0 spiro atoms. The highest BCUT2D eigenvalue weighted by Gasteiger charge is 2.32. The number of thiophene rings is 1. The Morgan fingerprint density at radius 3 is 3.00 bits per heavy atom. The van der Waals surface area contributed by atoms with Gasteiger partial charge in [0, 0.05) is 37.1 Å². The molecule has 3 nitrogen and oxygen atoms in total. The molecule has 3 rings (SSSR count). The third-order valence-corrected chi connectivity index (χ3v) is 5.86. The fourth-order valence-electron chi connectivity index (χ4n) is 3.61. The van der Waals surface area contributed by atoms with Gasteiger partial charge in [0.05, 0.1) is 6.04 Å². The molecule has 0 saturated carbocycles. The summed E-state index contributed by atoms with van der Waals surface area (Å²) in [7, 11) is 0. The van der Waals surface area contributed by atoms with Gasteiger partial charge >= 0.3 is 0 Å². The molecule has 2 unspecified atom stereocenters. The molecule has 1 aromatic rings. The maximum Gasteiger partial charge on any atom is 0.0567 e. The summed E-state index contributed by atoms with van der Waals surface area (Å²) in [5, 5.41) is 2.20. The number of piperazine rings is 1. The van der Waals surface area contributed by atoms with Crippen LogP contribution in [0.4, 0.5) is 0 Å². The van der Waals surface area contributed by atoms with E-state index in [4.69, 9.17) is 5.73 Å². The first kappa shape index (κ1) is 13.6. The molecular weight excluding hydrogens is 254 g/mol. The normalized spacial score (nSPS) is 27.2. The summed E-state index contributed by atoms with van der Waals surface area (Å²) in [4.78, 5) is 6.80. The van der Waals surface area contributed by atoms with Crippen molar-refractivity contribution < 1.29 is 0 Å². The van der Waals surface area contributed by atoms with Crippen molar-refractivity contribution in [2.75, 3.05) is 32.7 Å². The summed E-state index contributed by atoms with van der Waals surface area (Å²) >= 11 is 1.87. The topological polar surface area (TPSA) is 32.5 Å². The molecule has 0 aromatic carbocycles. The molecule has 1 aromatic heterocycles. The molecule has 0 amide bonds. The number of rotatable bonds is 3. The van der Waals surface area contributed by atoms with Crippen molar-refractivity contribution >= 4 is 11.3 Å². The smallest absolute Gasteiger partial charge is 0.0567 e. The maximum absolute atomic E-state index is 6.08. The number of fused-ring (bicyclic) bond motifs is 1. The van der Waals surface area contributed by atoms with E-state index >= 15 is 0 Å². The minimum Gasteiger partial charge on any atom is -0.329 e. The molecule has 2 N–H and O–H groups in total. The standard InChI is InChI=1S/C15H25N3S/c1-12-5-9-19-15(12)14(10-16)18-8-7-17-6-3-2-4-13(17)11-18/h5,9,13-14H,2-4,6-8,10-11,16H2,1H3. The number of hydrogen-bond donors (Lipinski definition) is 1. The van der Waals surface area contributed by atoms with Crippen LogP contribution in [-0.2, 0) is 0 Å². The van der Waals surface area contributed by atoms with Crippen molar-refractivity contribution in [1.82, 2.24) is 9.80 Å². The minimum atomic E-state index is 0.434. The van der Waals surface area contributed by atoms with E-state index in [1.807, 2.05) is 11.3 Å². The van der Waals surface area contributed by atoms with Crippen molar-refractivity contribution in [2.24, 2.45) is 5.73 Å². The van der Waals surface area contributed by atoms with Crippen LogP contribution in [0.2, 0.25) is 0 Å². The molecule has 2 fully saturated rings. The largest absolute Gasteiger partial charge is 0.329 e. The van der Waals surface area contributed by atoms with Gasteiger partial charge in [-0.15, -0.1) is 11.3 Å². The lowest BCUT2D eigenvalue weighted by atomic mass is 9.98. The number of nitrogens with two attached hydrogens (primary N) is 1. The van der Waals surface area contributed by atoms with Gasteiger partial charge in [0.2, 0.25) is 0 Å². The van der Waals surface area contributed by atoms with E-state index in [0.29, 0.717) is 6.04 Å². The third kappa shape index (κ3) is 2.72. The predicted molar refractivity (Wildman–Crippen MR) is 81.6 cm³/mol. The average Bonchev–Trinajstić information content (AvgIpc) is 2.86. The molecule has 106 valence electrons. The fraction of sp³-hybridized carbons (Fsp3) is 0.733. The Hall–Kier alpha value is -0.420. The molecule has 2 aliphatic rings. The van der Waals surface area contributed by atoms with E-state index in [1.54, 1.807) is 0 Å². The second-order valence-corrected chi connectivity index (χ2v) is 6.85. The van der Waals surface area contributed by atoms with E-state index in [-0.39, 0.29) is 0 Å². The highest BCUT2D eigenvalue weighted by Crippen LogP contribution is 2.31. The molecule has 4 heteroatoms. The van der Waals surface area contributed by atoms with Crippen LogP contribution in [0.25, 0.3) is 0 Å². The zero-order valence-electron chi connectivity index (χ0n) is 11.8. The lowest BCUT2D eigenvalue weighted by molar-refractivity contribution is 0.0292. The van der Waals surface area contributed by atoms with Gasteiger partial charge in [0.1, 0.15) is 0 Å². The van der Waals surface area contributed by atoms with Crippen LogP contribution in [0.15, 0.2) is 11.4 Å². The van der Waals surface area contributed by atoms with Crippen molar-refractivity contribution in [3.05, 3.63) is 21.9 Å². The molecule has 2 atom stereocenters. The molecule has 0 bridgehead atoms. The second-order valence-electron chi connectivity index (χ2n) is 5.90. The Labute approximate surface area is 120 Å². The van der Waals surface area contributed by atoms with Gasteiger partial charge in [-0.1, -0.05) is 6.42 Å². The monoisotopic (exact) mass is 279 g/mol. The quantitative estimate of drug-likeness (QED) is 0.921. The van der Waals surface area contributed by atoms with Gasteiger partial charge in [-0.25, -0.2) is 0 Å². The SMILES string of the molecule is Cc1ccsc1C(CN)N1CCN2CCCCC2C1. The highest BCUT2D eigenvalue weighted by atomic mass is 32.1. The summed E-state index contributed by atoms with van der Waals surface area (Å²) in [6.07, 6.45) is 4.17. The molecule has 0 aliphatic carbocycles. The average molecular weight is 279 g/mol. The van der Waals surface area contributed by atoms with Crippen LogP contribution in [0.1, 0.15) is 35.7 Å². The van der Waals surface area contributed by atoms with E-state index in [2.05, 4.69) is 28.2 Å². The Morgan fingerprint density at radius 1 is 1.37 bits per heavy atom. The van der Waals surface area contributed by atoms with Crippen LogP contribution < -0.4 is 5.73 Å². The van der Waals surface area contributed by atoms with Crippen molar-refractivity contribution in [1.29, 1.82) is 0 Å². The first-order valence-electron chi connectivity index (χ1n) is 7.51. The Balaban J connectivity index is 1.72. The summed E-state index contributed by atoms with van der Waals surface area (Å²) < 4.78 is 0. The third-order valence-electron chi connectivity index (χ3n) is 4.74. The molecule has 19 heavy (non-hydrogen) atoms. The van der Waals surface area contributed by atoms with E-state index in [9.17, 15) is 0 Å². The molecule has 0 radical (unpaired) electrons. The van der Waals surface area contributed by atoms with Gasteiger partial charge in [0.15, 0.2) is 0 Å². The Bertz CT molecular complexity index is 417. The van der Waals surface area contributed by atoms with Crippen molar-refractivity contribution in [2.45, 2.75) is 38.3 Å². The van der Waals surface area contributed by atoms with E-state index in [1.165, 1.54) is 55.9 Å². The van der Waals surface area contributed by atoms with Crippen molar-refractivity contribution in [3.8, 4) is 0 Å². The van der Waals surface area contributed by atoms with Crippen LogP contribution in [0, 0.1) is 6.92 Å². The highest BCUT2D eigenvalue weighted by molar-refractivity contribution is 7.10. The van der Waals surface area contributed by atoms with Gasteiger partial charge in [0.25, 0.3) is 0 Å². The first-order valence-corrected chi connectivity index (χ1v) is 8.39. The van der Waals surface area contributed by atoms with Crippen LogP contribution in [0.3, 0.4) is 0 Å². The van der Waals surface area contributed by atoms with E-state index in [0.717, 1.165) is 12.6 Å². The molecular formula is C15H25N3S. The lowest BCUT2D eigenvalue weighted by Crippen LogP contribution is -2.56. The second kappa shape index (κ2) is 5.92. The van der Waals surface area contributed by atoms with E-state index < -0.39 is 0 Å². The summed E-state index contributed by atoms with van der Waals surface area (Å²) in [5.74, 6) is 0. The van der Waals surface area contributed by atoms with Gasteiger partial charge < -0.3 is 5.73 Å². The zero-order valence-corrected chi connectivity index (χ0v) is 12.7. The Morgan fingerprint density at radius 2 is 2.26 bits per heavy atom. The number of piperidine rings is 1. The summed E-state index contributed by atoms with van der Waals surface area (Å²) in [6, 6.07) is 3.43. The predicted octanol–water partition coefficient (Wildman–Crippen LogP) is 2.23.